The summed E-state index contributed by atoms with van der Waals surface area (Å²) in [5.74, 6) is -3.36. The van der Waals surface area contributed by atoms with Crippen LogP contribution in [0.4, 0.5) is 4.39 Å². The highest BCUT2D eigenvalue weighted by Crippen LogP contribution is 2.19. The van der Waals surface area contributed by atoms with Crippen LogP contribution in [0.2, 0.25) is 0 Å². The number of rotatable bonds is 12. The van der Waals surface area contributed by atoms with Crippen molar-refractivity contribution >= 4 is 34.3 Å². The lowest BCUT2D eigenvalue weighted by molar-refractivity contribution is -0.140. The number of hydrogen-bond acceptors (Lipinski definition) is 4. The summed E-state index contributed by atoms with van der Waals surface area (Å²) in [6.07, 6.45) is 0.191. The minimum absolute atomic E-state index is 0.0407. The number of benzene rings is 2. The Labute approximate surface area is 186 Å². The Morgan fingerprint density at radius 3 is 2.31 bits per heavy atom. The number of carboxylic acids is 1. The fourth-order valence-corrected chi connectivity index (χ4v) is 3.51. The molecule has 0 bridgehead atoms. The molecule has 8 heteroatoms. The second-order valence-corrected chi connectivity index (χ2v) is 8.15. The number of ketones is 1. The first-order valence-corrected chi connectivity index (χ1v) is 10.6. The van der Waals surface area contributed by atoms with E-state index < -0.39 is 42.8 Å². The van der Waals surface area contributed by atoms with Crippen LogP contribution in [0.1, 0.15) is 38.7 Å². The van der Waals surface area contributed by atoms with Gasteiger partial charge in [-0.25, -0.2) is 4.39 Å². The van der Waals surface area contributed by atoms with E-state index in [1.807, 2.05) is 56.3 Å². The summed E-state index contributed by atoms with van der Waals surface area (Å²) in [4.78, 5) is 47.9. The van der Waals surface area contributed by atoms with Crippen LogP contribution in [-0.4, -0.2) is 47.4 Å². The fourth-order valence-electron chi connectivity index (χ4n) is 3.51. The van der Waals surface area contributed by atoms with Crippen molar-refractivity contribution in [3.63, 3.8) is 0 Å². The molecule has 2 amide bonds. The number of nitrogens with one attached hydrogen (secondary N) is 2. The molecule has 2 aromatic carbocycles. The minimum Gasteiger partial charge on any atom is -0.481 e. The molecule has 0 aliphatic carbocycles. The molecular weight excluding hydrogens is 415 g/mol. The van der Waals surface area contributed by atoms with Crippen molar-refractivity contribution in [1.82, 2.24) is 10.6 Å². The van der Waals surface area contributed by atoms with Crippen molar-refractivity contribution in [2.45, 2.75) is 51.6 Å². The maximum atomic E-state index is 12.8. The SMILES string of the molecule is CC(C)C[C@H](NC(=O)CCc1cccc2ccccc12)C(=O)N[C@@H](CC(=O)O)C(=O)CF. The molecule has 2 atom stereocenters. The number of amides is 2. The first-order chi connectivity index (χ1) is 15.2. The van der Waals surface area contributed by atoms with Crippen LogP contribution in [-0.2, 0) is 25.6 Å². The van der Waals surface area contributed by atoms with Crippen molar-refractivity contribution in [3.8, 4) is 0 Å². The number of carboxylic acid groups (broad SMARTS) is 1. The second-order valence-electron chi connectivity index (χ2n) is 8.15. The van der Waals surface area contributed by atoms with Gasteiger partial charge in [0.2, 0.25) is 11.8 Å². The van der Waals surface area contributed by atoms with Gasteiger partial charge in [-0.1, -0.05) is 56.3 Å². The van der Waals surface area contributed by atoms with Crippen LogP contribution in [0.3, 0.4) is 0 Å². The highest BCUT2D eigenvalue weighted by atomic mass is 19.1. The molecule has 0 saturated heterocycles. The molecular formula is C24H29FN2O5. The molecule has 0 fully saturated rings. The monoisotopic (exact) mass is 444 g/mol. The maximum absolute atomic E-state index is 12.8. The third-order valence-corrected chi connectivity index (χ3v) is 5.08. The zero-order valence-electron chi connectivity index (χ0n) is 18.3. The van der Waals surface area contributed by atoms with Gasteiger partial charge in [0.15, 0.2) is 5.78 Å². The Bertz CT molecular complexity index is 971. The Morgan fingerprint density at radius 1 is 0.969 bits per heavy atom. The van der Waals surface area contributed by atoms with Crippen LogP contribution in [0.15, 0.2) is 42.5 Å². The average molecular weight is 445 g/mol. The van der Waals surface area contributed by atoms with Gasteiger partial charge in [-0.2, -0.15) is 0 Å². The van der Waals surface area contributed by atoms with E-state index >= 15 is 0 Å². The van der Waals surface area contributed by atoms with Crippen LogP contribution < -0.4 is 10.6 Å². The quantitative estimate of drug-likeness (QED) is 0.466. The summed E-state index contributed by atoms with van der Waals surface area (Å²) < 4.78 is 12.8. The summed E-state index contributed by atoms with van der Waals surface area (Å²) in [5.41, 5.74) is 1.01. The van der Waals surface area contributed by atoms with E-state index in [0.29, 0.717) is 6.42 Å². The predicted molar refractivity (Wildman–Crippen MR) is 119 cm³/mol. The van der Waals surface area contributed by atoms with Crippen LogP contribution in [0, 0.1) is 5.92 Å². The molecule has 0 unspecified atom stereocenters. The van der Waals surface area contributed by atoms with Gasteiger partial charge in [-0.05, 0) is 35.1 Å². The van der Waals surface area contributed by atoms with Crippen LogP contribution in [0.25, 0.3) is 10.8 Å². The fraction of sp³-hybridized carbons (Fsp3) is 0.417. The molecule has 2 rings (SSSR count). The Kier molecular flexibility index (Phi) is 9.31. The number of halogens is 1. The van der Waals surface area contributed by atoms with E-state index in [0.717, 1.165) is 16.3 Å². The summed E-state index contributed by atoms with van der Waals surface area (Å²) in [6, 6.07) is 11.3. The number of aliphatic carboxylic acids is 1. The zero-order chi connectivity index (χ0) is 23.7. The van der Waals surface area contributed by atoms with Crippen molar-refractivity contribution in [1.29, 1.82) is 0 Å². The van der Waals surface area contributed by atoms with Gasteiger partial charge in [0.25, 0.3) is 0 Å². The molecule has 3 N–H and O–H groups in total. The minimum atomic E-state index is -1.48. The average Bonchev–Trinajstić information content (AvgIpc) is 2.75. The maximum Gasteiger partial charge on any atom is 0.305 e. The van der Waals surface area contributed by atoms with E-state index in [2.05, 4.69) is 10.6 Å². The van der Waals surface area contributed by atoms with Crippen molar-refractivity contribution < 1.29 is 28.7 Å². The summed E-state index contributed by atoms with van der Waals surface area (Å²) in [5, 5.41) is 16.0. The van der Waals surface area contributed by atoms with Crippen molar-refractivity contribution in [3.05, 3.63) is 48.0 Å². The standard InChI is InChI=1S/C24H29FN2O5/c1-15(2)12-20(24(32)27-19(13-23(30)31)21(28)14-25)26-22(29)11-10-17-8-5-7-16-6-3-4-9-18(16)17/h3-9,15,19-20H,10-14H2,1-2H3,(H,26,29)(H,27,32)(H,30,31)/t19-,20-/m0/s1. The molecule has 0 radical (unpaired) electrons. The van der Waals surface area contributed by atoms with E-state index in [4.69, 9.17) is 5.11 Å². The number of aryl methyl sites for hydroxylation is 1. The van der Waals surface area contributed by atoms with Gasteiger partial charge in [0.05, 0.1) is 6.42 Å². The lowest BCUT2D eigenvalue weighted by Gasteiger charge is -2.23. The first-order valence-electron chi connectivity index (χ1n) is 10.6. The zero-order valence-corrected chi connectivity index (χ0v) is 18.3. The second kappa shape index (κ2) is 11.9. The smallest absolute Gasteiger partial charge is 0.305 e. The molecule has 0 aliphatic heterocycles. The van der Waals surface area contributed by atoms with E-state index in [1.165, 1.54) is 0 Å². The largest absolute Gasteiger partial charge is 0.481 e. The van der Waals surface area contributed by atoms with Gasteiger partial charge in [0, 0.05) is 6.42 Å². The molecule has 32 heavy (non-hydrogen) atoms. The van der Waals surface area contributed by atoms with Crippen molar-refractivity contribution in [2.75, 3.05) is 6.67 Å². The number of carbonyl (C=O) groups is 4. The van der Waals surface area contributed by atoms with Gasteiger partial charge >= 0.3 is 5.97 Å². The molecule has 172 valence electrons. The van der Waals surface area contributed by atoms with Gasteiger partial charge in [-0.15, -0.1) is 0 Å². The summed E-state index contributed by atoms with van der Waals surface area (Å²) in [7, 11) is 0. The lowest BCUT2D eigenvalue weighted by Crippen LogP contribution is -2.52. The summed E-state index contributed by atoms with van der Waals surface area (Å²) in [6.45, 7) is 2.35. The van der Waals surface area contributed by atoms with Crippen molar-refractivity contribution in [2.24, 2.45) is 5.92 Å². The van der Waals surface area contributed by atoms with E-state index in [9.17, 15) is 23.6 Å². The number of Topliss-reactive ketones (excluding diaryl/α,β-unsaturated/α-hetero) is 1. The Morgan fingerprint density at radius 2 is 1.66 bits per heavy atom. The third kappa shape index (κ3) is 7.44. The Balaban J connectivity index is 2.05. The van der Waals surface area contributed by atoms with E-state index in [1.54, 1.807) is 0 Å². The number of hydrogen-bond donors (Lipinski definition) is 3. The molecule has 0 spiro atoms. The highest BCUT2D eigenvalue weighted by molar-refractivity contribution is 5.95. The molecule has 0 aliphatic rings. The lowest BCUT2D eigenvalue weighted by atomic mass is 9.99. The third-order valence-electron chi connectivity index (χ3n) is 5.08. The molecule has 0 aromatic heterocycles. The van der Waals surface area contributed by atoms with Gasteiger partial charge in [0.1, 0.15) is 18.8 Å². The normalized spacial score (nSPS) is 12.9. The van der Waals surface area contributed by atoms with E-state index in [-0.39, 0.29) is 24.7 Å². The topological polar surface area (TPSA) is 113 Å². The molecule has 7 nitrogen and oxygen atoms in total. The van der Waals surface area contributed by atoms with Gasteiger partial charge < -0.3 is 15.7 Å². The molecule has 0 saturated carbocycles. The van der Waals surface area contributed by atoms with Gasteiger partial charge in [-0.3, -0.25) is 19.2 Å². The predicted octanol–water partition coefficient (Wildman–Crippen LogP) is 2.80. The number of fused-ring (bicyclic) bond motifs is 1. The Hall–Kier alpha value is -3.29. The molecule has 0 heterocycles. The summed E-state index contributed by atoms with van der Waals surface area (Å²) >= 11 is 0. The van der Waals surface area contributed by atoms with Crippen LogP contribution >= 0.6 is 0 Å². The first kappa shape index (κ1) is 25.0. The highest BCUT2D eigenvalue weighted by Gasteiger charge is 2.28. The number of alkyl halides is 1. The number of carbonyl (C=O) groups excluding carboxylic acids is 3. The molecule has 2 aromatic rings. The van der Waals surface area contributed by atoms with Crippen LogP contribution in [0.5, 0.6) is 0 Å².